The molecule has 1 aliphatic heterocycles. The van der Waals surface area contributed by atoms with E-state index < -0.39 is 0 Å². The van der Waals surface area contributed by atoms with E-state index in [2.05, 4.69) is 0 Å². The molecule has 0 fully saturated rings. The Morgan fingerprint density at radius 3 is 3.08 bits per heavy atom. The fraction of sp³-hybridized carbons (Fsp3) is 0.400. The van der Waals surface area contributed by atoms with Crippen molar-refractivity contribution < 1.29 is 9.53 Å². The van der Waals surface area contributed by atoms with Gasteiger partial charge in [-0.2, -0.15) is 5.26 Å². The summed E-state index contributed by atoms with van der Waals surface area (Å²) in [7, 11) is 0. The van der Waals surface area contributed by atoms with Gasteiger partial charge in [0, 0.05) is 24.8 Å². The molecule has 0 bridgehead atoms. The van der Waals surface area contributed by atoms with E-state index in [-0.39, 0.29) is 5.78 Å². The largest absolute Gasteiger partial charge is 0.468 e. The molecule has 1 aliphatic carbocycles. The predicted octanol–water partition coefficient (Wildman–Crippen LogP) is 1.82. The summed E-state index contributed by atoms with van der Waals surface area (Å²) < 4.78 is 5.23. The van der Waals surface area contributed by atoms with Gasteiger partial charge in [0.1, 0.15) is 12.0 Å². The first-order valence-electron chi connectivity index (χ1n) is 4.32. The highest BCUT2D eigenvalue weighted by atomic mass is 16.5. The van der Waals surface area contributed by atoms with Crippen molar-refractivity contribution in [1.29, 1.82) is 5.26 Å². The molecule has 0 aromatic carbocycles. The van der Waals surface area contributed by atoms with Crippen LogP contribution in [0.25, 0.3) is 0 Å². The number of carbonyl (C=O) groups is 1. The highest BCUT2D eigenvalue weighted by Gasteiger charge is 2.25. The quantitative estimate of drug-likeness (QED) is 0.564. The van der Waals surface area contributed by atoms with Crippen LogP contribution in [0.2, 0.25) is 0 Å². The van der Waals surface area contributed by atoms with Gasteiger partial charge in [0.2, 0.25) is 0 Å². The van der Waals surface area contributed by atoms with Gasteiger partial charge >= 0.3 is 0 Å². The van der Waals surface area contributed by atoms with E-state index in [9.17, 15) is 4.79 Å². The summed E-state index contributed by atoms with van der Waals surface area (Å²) in [6.07, 6.45) is 4.21. The van der Waals surface area contributed by atoms with Gasteiger partial charge in [-0.3, -0.25) is 4.79 Å². The van der Waals surface area contributed by atoms with Crippen LogP contribution in [-0.4, -0.2) is 5.78 Å². The number of Topliss-reactive ketones (excluding diaryl/α,β-unsaturated/α-hetero) is 1. The van der Waals surface area contributed by atoms with Crippen LogP contribution in [0.4, 0.5) is 0 Å². The molecule has 0 aromatic rings. The Bertz CT molecular complexity index is 358. The number of nitriles is 1. The van der Waals surface area contributed by atoms with Gasteiger partial charge in [-0.15, -0.1) is 0 Å². The van der Waals surface area contributed by atoms with Crippen LogP contribution in [0.15, 0.2) is 23.2 Å². The summed E-state index contributed by atoms with van der Waals surface area (Å²) in [5.74, 6) is 0.914. The third kappa shape index (κ3) is 1.35. The summed E-state index contributed by atoms with van der Waals surface area (Å²) in [6.45, 7) is 0. The minimum Gasteiger partial charge on any atom is -0.468 e. The molecule has 0 amide bonds. The molecule has 0 unspecified atom stereocenters. The van der Waals surface area contributed by atoms with Crippen LogP contribution in [0.1, 0.15) is 25.7 Å². The SMILES string of the molecule is N#CC1=COC2=C(C1)C(=O)CCC2. The number of nitrogens with zero attached hydrogens (tertiary/aromatic N) is 1. The first-order valence-corrected chi connectivity index (χ1v) is 4.32. The fourth-order valence-electron chi connectivity index (χ4n) is 1.63. The number of carbonyl (C=O) groups excluding carboxylic acids is 1. The van der Waals surface area contributed by atoms with Crippen molar-refractivity contribution in [2.24, 2.45) is 0 Å². The van der Waals surface area contributed by atoms with Gasteiger partial charge in [-0.05, 0) is 6.42 Å². The molecular formula is C10H9NO2. The second kappa shape index (κ2) is 3.06. The number of allylic oxidation sites excluding steroid dienone is 3. The fourth-order valence-corrected chi connectivity index (χ4v) is 1.63. The van der Waals surface area contributed by atoms with Crippen LogP contribution in [0, 0.1) is 11.3 Å². The predicted molar refractivity (Wildman–Crippen MR) is 45.3 cm³/mol. The molecule has 2 rings (SSSR count). The highest BCUT2D eigenvalue weighted by molar-refractivity contribution is 5.97. The third-order valence-corrected chi connectivity index (χ3v) is 2.34. The lowest BCUT2D eigenvalue weighted by Crippen LogP contribution is -2.15. The lowest BCUT2D eigenvalue weighted by atomic mass is 9.91. The molecule has 0 radical (unpaired) electrons. The van der Waals surface area contributed by atoms with E-state index in [0.717, 1.165) is 18.6 Å². The maximum atomic E-state index is 11.4. The van der Waals surface area contributed by atoms with E-state index >= 15 is 0 Å². The molecule has 66 valence electrons. The first-order chi connectivity index (χ1) is 6.31. The van der Waals surface area contributed by atoms with Crippen LogP contribution in [-0.2, 0) is 9.53 Å². The average molecular weight is 175 g/mol. The van der Waals surface area contributed by atoms with Crippen LogP contribution >= 0.6 is 0 Å². The molecule has 2 aliphatic rings. The molecule has 3 nitrogen and oxygen atoms in total. The Balaban J connectivity index is 2.27. The summed E-state index contributed by atoms with van der Waals surface area (Å²) in [6, 6.07) is 2.01. The maximum absolute atomic E-state index is 11.4. The van der Waals surface area contributed by atoms with Crippen molar-refractivity contribution in [2.75, 3.05) is 0 Å². The van der Waals surface area contributed by atoms with E-state index in [4.69, 9.17) is 10.00 Å². The topological polar surface area (TPSA) is 50.1 Å². The molecule has 1 heterocycles. The van der Waals surface area contributed by atoms with Crippen molar-refractivity contribution in [2.45, 2.75) is 25.7 Å². The maximum Gasteiger partial charge on any atom is 0.162 e. The summed E-state index contributed by atoms with van der Waals surface area (Å²) in [5.41, 5.74) is 1.25. The molecule has 0 N–H and O–H groups in total. The van der Waals surface area contributed by atoms with Gasteiger partial charge in [0.05, 0.1) is 11.6 Å². The monoisotopic (exact) mass is 175 g/mol. The lowest BCUT2D eigenvalue weighted by molar-refractivity contribution is -0.116. The zero-order chi connectivity index (χ0) is 9.26. The van der Waals surface area contributed by atoms with Gasteiger partial charge in [-0.25, -0.2) is 0 Å². The van der Waals surface area contributed by atoms with Crippen LogP contribution in [0.3, 0.4) is 0 Å². The van der Waals surface area contributed by atoms with Crippen LogP contribution < -0.4 is 0 Å². The van der Waals surface area contributed by atoms with Crippen molar-refractivity contribution in [3.8, 4) is 6.07 Å². The van der Waals surface area contributed by atoms with E-state index in [0.29, 0.717) is 24.0 Å². The smallest absolute Gasteiger partial charge is 0.162 e. The number of ether oxygens (including phenoxy) is 1. The number of rotatable bonds is 0. The third-order valence-electron chi connectivity index (χ3n) is 2.34. The second-order valence-corrected chi connectivity index (χ2v) is 3.23. The van der Waals surface area contributed by atoms with Crippen molar-refractivity contribution in [3.63, 3.8) is 0 Å². The Labute approximate surface area is 76.3 Å². The van der Waals surface area contributed by atoms with Gasteiger partial charge in [0.15, 0.2) is 5.78 Å². The van der Waals surface area contributed by atoms with Gasteiger partial charge in [-0.1, -0.05) is 0 Å². The van der Waals surface area contributed by atoms with Crippen molar-refractivity contribution in [1.82, 2.24) is 0 Å². The summed E-state index contributed by atoms with van der Waals surface area (Å²) in [5, 5.41) is 8.64. The molecule has 3 heteroatoms. The first kappa shape index (κ1) is 8.06. The standard InChI is InChI=1S/C10H9NO2/c11-5-7-4-8-9(12)2-1-3-10(8)13-6-7/h6H,1-4H2. The highest BCUT2D eigenvalue weighted by Crippen LogP contribution is 2.31. The Morgan fingerprint density at radius 1 is 1.46 bits per heavy atom. The Morgan fingerprint density at radius 2 is 2.31 bits per heavy atom. The minimum atomic E-state index is 0.141. The molecule has 0 saturated carbocycles. The summed E-state index contributed by atoms with van der Waals surface area (Å²) in [4.78, 5) is 11.4. The van der Waals surface area contributed by atoms with Gasteiger partial charge < -0.3 is 4.74 Å². The van der Waals surface area contributed by atoms with Crippen molar-refractivity contribution >= 4 is 5.78 Å². The normalized spacial score (nSPS) is 21.5. The molecule has 0 aromatic heterocycles. The molecule has 0 spiro atoms. The second-order valence-electron chi connectivity index (χ2n) is 3.23. The van der Waals surface area contributed by atoms with E-state index in [1.54, 1.807) is 0 Å². The van der Waals surface area contributed by atoms with Crippen LogP contribution in [0.5, 0.6) is 0 Å². The number of ketones is 1. The zero-order valence-electron chi connectivity index (χ0n) is 7.17. The zero-order valence-corrected chi connectivity index (χ0v) is 7.17. The van der Waals surface area contributed by atoms with E-state index in [1.807, 2.05) is 6.07 Å². The summed E-state index contributed by atoms with van der Waals surface area (Å²) >= 11 is 0. The molecule has 0 saturated heterocycles. The molecule has 13 heavy (non-hydrogen) atoms. The Kier molecular flexibility index (Phi) is 1.90. The van der Waals surface area contributed by atoms with Gasteiger partial charge in [0.25, 0.3) is 0 Å². The average Bonchev–Trinajstić information content (AvgIpc) is 2.18. The van der Waals surface area contributed by atoms with Crippen molar-refractivity contribution in [3.05, 3.63) is 23.2 Å². The Hall–Kier alpha value is -1.56. The number of hydrogen-bond donors (Lipinski definition) is 0. The van der Waals surface area contributed by atoms with E-state index in [1.165, 1.54) is 6.26 Å². The lowest BCUT2D eigenvalue weighted by Gasteiger charge is -2.21. The minimum absolute atomic E-state index is 0.141. The number of hydrogen-bond acceptors (Lipinski definition) is 3. The molecule has 0 atom stereocenters. The molecular weight excluding hydrogens is 166 g/mol.